The summed E-state index contributed by atoms with van der Waals surface area (Å²) in [5, 5.41) is 3.26. The third-order valence-corrected chi connectivity index (χ3v) is 7.64. The number of hydrogen-bond donors (Lipinski definition) is 1. The summed E-state index contributed by atoms with van der Waals surface area (Å²) >= 11 is 0. The van der Waals surface area contributed by atoms with Crippen molar-refractivity contribution < 1.29 is 9.00 Å². The molecule has 176 valence electrons. The van der Waals surface area contributed by atoms with E-state index in [1.165, 1.54) is 48.1 Å². The highest BCUT2D eigenvalue weighted by atomic mass is 32.2. The van der Waals surface area contributed by atoms with E-state index in [9.17, 15) is 4.21 Å². The van der Waals surface area contributed by atoms with Crippen LogP contribution in [0.25, 0.3) is 0 Å². The number of piperidine rings is 1. The maximum Gasteiger partial charge on any atom is 0.106 e. The Bertz CT molecular complexity index is 841. The molecule has 0 radical (unpaired) electrons. The smallest absolute Gasteiger partial charge is 0.106 e. The minimum atomic E-state index is -0.855. The largest absolute Gasteiger partial charge is 0.388 e. The SMILES string of the molecule is C=O.CC1CC1.CCS(=O)c1ccc(CN2CCC(c3cc(NC)ccc3C)CC2)cc1. The first-order valence-corrected chi connectivity index (χ1v) is 13.1. The lowest BCUT2D eigenvalue weighted by molar-refractivity contribution is -0.0979. The molecule has 1 aliphatic carbocycles. The van der Waals surface area contributed by atoms with Gasteiger partial charge in [0.15, 0.2) is 0 Å². The van der Waals surface area contributed by atoms with Gasteiger partial charge in [0.1, 0.15) is 6.79 Å². The summed E-state index contributed by atoms with van der Waals surface area (Å²) in [5.41, 5.74) is 5.43. The summed E-state index contributed by atoms with van der Waals surface area (Å²) < 4.78 is 11.9. The maximum absolute atomic E-state index is 11.9. The van der Waals surface area contributed by atoms with E-state index in [1.54, 1.807) is 0 Å². The van der Waals surface area contributed by atoms with Crippen molar-refractivity contribution in [3.05, 3.63) is 59.2 Å². The molecule has 1 aliphatic heterocycles. The molecule has 0 amide bonds. The van der Waals surface area contributed by atoms with Crippen LogP contribution in [-0.4, -0.2) is 41.8 Å². The molecule has 1 atom stereocenters. The van der Waals surface area contributed by atoms with Crippen LogP contribution >= 0.6 is 0 Å². The quantitative estimate of drug-likeness (QED) is 0.599. The second kappa shape index (κ2) is 13.5. The van der Waals surface area contributed by atoms with E-state index in [4.69, 9.17) is 4.79 Å². The fourth-order valence-electron chi connectivity index (χ4n) is 3.98. The molecule has 0 aromatic heterocycles. The summed E-state index contributed by atoms with van der Waals surface area (Å²) in [6.07, 6.45) is 5.40. The molecule has 2 aromatic carbocycles. The zero-order valence-electron chi connectivity index (χ0n) is 20.2. The Kier molecular flexibility index (Phi) is 11.1. The molecule has 1 saturated heterocycles. The summed E-state index contributed by atoms with van der Waals surface area (Å²) in [5.74, 6) is 2.43. The predicted octanol–water partition coefficient (Wildman–Crippen LogP) is 5.78. The first-order chi connectivity index (χ1) is 15.5. The van der Waals surface area contributed by atoms with Crippen LogP contribution in [0.2, 0.25) is 0 Å². The molecule has 5 heteroatoms. The molecule has 1 saturated carbocycles. The molecule has 2 fully saturated rings. The van der Waals surface area contributed by atoms with Crippen LogP contribution in [0.5, 0.6) is 0 Å². The minimum absolute atomic E-state index is 0.661. The number of nitrogens with zero attached hydrogens (tertiary/aromatic N) is 1. The van der Waals surface area contributed by atoms with Gasteiger partial charge < -0.3 is 10.1 Å². The average molecular weight is 457 g/mol. The molecule has 0 spiro atoms. The van der Waals surface area contributed by atoms with Crippen LogP contribution in [0.4, 0.5) is 5.69 Å². The lowest BCUT2D eigenvalue weighted by Gasteiger charge is -2.33. The zero-order chi connectivity index (χ0) is 23.5. The fraction of sp³-hybridized carbons (Fsp3) is 0.519. The van der Waals surface area contributed by atoms with E-state index >= 15 is 0 Å². The average Bonchev–Trinajstić information content (AvgIpc) is 3.63. The van der Waals surface area contributed by atoms with Crippen LogP contribution in [0.15, 0.2) is 47.4 Å². The highest BCUT2D eigenvalue weighted by Gasteiger charge is 2.22. The van der Waals surface area contributed by atoms with Crippen molar-refractivity contribution in [1.29, 1.82) is 0 Å². The van der Waals surface area contributed by atoms with E-state index in [0.29, 0.717) is 11.7 Å². The van der Waals surface area contributed by atoms with Gasteiger partial charge >= 0.3 is 0 Å². The predicted molar refractivity (Wildman–Crippen MR) is 137 cm³/mol. The molecule has 0 bridgehead atoms. The molecule has 1 heterocycles. The lowest BCUT2D eigenvalue weighted by Crippen LogP contribution is -2.32. The first-order valence-electron chi connectivity index (χ1n) is 11.8. The Labute approximate surface area is 197 Å². The normalized spacial score (nSPS) is 17.4. The maximum atomic E-state index is 11.9. The van der Waals surface area contributed by atoms with Crippen LogP contribution in [-0.2, 0) is 22.1 Å². The Morgan fingerprint density at radius 1 is 1.03 bits per heavy atom. The lowest BCUT2D eigenvalue weighted by atomic mass is 9.86. The van der Waals surface area contributed by atoms with Crippen LogP contribution in [0, 0.1) is 12.8 Å². The number of aryl methyl sites for hydroxylation is 1. The number of benzene rings is 2. The van der Waals surface area contributed by atoms with Gasteiger partial charge in [-0.05, 0) is 85.6 Å². The summed E-state index contributed by atoms with van der Waals surface area (Å²) in [6.45, 7) is 11.7. The Balaban J connectivity index is 0.000000533. The van der Waals surface area contributed by atoms with Crippen molar-refractivity contribution >= 4 is 23.3 Å². The van der Waals surface area contributed by atoms with Crippen molar-refractivity contribution in [2.45, 2.75) is 63.8 Å². The first kappa shape index (κ1) is 26.3. The van der Waals surface area contributed by atoms with Gasteiger partial charge in [0.25, 0.3) is 0 Å². The van der Waals surface area contributed by atoms with Crippen molar-refractivity contribution in [2.75, 3.05) is 31.2 Å². The van der Waals surface area contributed by atoms with Crippen LogP contribution < -0.4 is 5.32 Å². The number of hydrogen-bond acceptors (Lipinski definition) is 4. The highest BCUT2D eigenvalue weighted by Crippen LogP contribution is 2.32. The standard InChI is InChI=1S/C22H30N2OS.C4H8.CH2O/c1-4-26(25)21-9-6-18(7-10-21)16-24-13-11-19(12-14-24)22-15-20(23-3)8-5-17(22)2;1-4-2-3-4;1-2/h5-10,15,19,23H,4,11-14,16H2,1-3H3;4H,2-3H2,1H3;1H2. The second-order valence-corrected chi connectivity index (χ2v) is 10.6. The summed E-state index contributed by atoms with van der Waals surface area (Å²) in [4.78, 5) is 11.5. The number of carbonyl (C=O) groups is 1. The van der Waals surface area contributed by atoms with E-state index in [0.717, 1.165) is 30.4 Å². The van der Waals surface area contributed by atoms with E-state index in [2.05, 4.69) is 54.4 Å². The molecule has 2 aliphatic rings. The van der Waals surface area contributed by atoms with Crippen molar-refractivity contribution in [3.8, 4) is 0 Å². The summed E-state index contributed by atoms with van der Waals surface area (Å²) in [6, 6.07) is 15.0. The second-order valence-electron chi connectivity index (χ2n) is 8.83. The monoisotopic (exact) mass is 456 g/mol. The zero-order valence-corrected chi connectivity index (χ0v) is 21.0. The molecule has 2 aromatic rings. The molecule has 4 rings (SSSR count). The van der Waals surface area contributed by atoms with E-state index in [-0.39, 0.29) is 0 Å². The van der Waals surface area contributed by atoms with Crippen molar-refractivity contribution in [2.24, 2.45) is 5.92 Å². The molecule has 1 N–H and O–H groups in total. The van der Waals surface area contributed by atoms with Gasteiger partial charge in [0.05, 0.1) is 10.8 Å². The van der Waals surface area contributed by atoms with Crippen molar-refractivity contribution in [3.63, 3.8) is 0 Å². The van der Waals surface area contributed by atoms with E-state index < -0.39 is 10.8 Å². The van der Waals surface area contributed by atoms with Gasteiger partial charge in [0, 0.05) is 29.9 Å². The number of anilines is 1. The fourth-order valence-corrected chi connectivity index (χ4v) is 4.75. The van der Waals surface area contributed by atoms with Gasteiger partial charge in [-0.15, -0.1) is 0 Å². The molecular weight excluding hydrogens is 416 g/mol. The molecule has 32 heavy (non-hydrogen) atoms. The molecule has 4 nitrogen and oxygen atoms in total. The summed E-state index contributed by atoms with van der Waals surface area (Å²) in [7, 11) is 1.13. The topological polar surface area (TPSA) is 49.4 Å². The van der Waals surface area contributed by atoms with Crippen LogP contribution in [0.1, 0.15) is 62.1 Å². The Hall–Kier alpha value is -1.98. The van der Waals surface area contributed by atoms with Gasteiger partial charge in [-0.2, -0.15) is 0 Å². The van der Waals surface area contributed by atoms with Gasteiger partial charge in [-0.3, -0.25) is 9.11 Å². The number of nitrogens with one attached hydrogen (secondary N) is 1. The van der Waals surface area contributed by atoms with Crippen molar-refractivity contribution in [1.82, 2.24) is 4.90 Å². The third-order valence-electron chi connectivity index (χ3n) is 6.32. The highest BCUT2D eigenvalue weighted by molar-refractivity contribution is 7.85. The Morgan fingerprint density at radius 3 is 2.12 bits per heavy atom. The number of likely N-dealkylation sites (tertiary alicyclic amines) is 1. The number of carbonyl (C=O) groups excluding carboxylic acids is 1. The minimum Gasteiger partial charge on any atom is -0.388 e. The van der Waals surface area contributed by atoms with Crippen LogP contribution in [0.3, 0.4) is 0 Å². The van der Waals surface area contributed by atoms with Gasteiger partial charge in [-0.1, -0.05) is 44.9 Å². The number of rotatable bonds is 6. The van der Waals surface area contributed by atoms with Gasteiger partial charge in [-0.25, -0.2) is 0 Å². The molecular formula is C27H40N2O2S. The third kappa shape index (κ3) is 8.18. The molecule has 1 unspecified atom stereocenters. The Morgan fingerprint density at radius 2 is 1.62 bits per heavy atom. The van der Waals surface area contributed by atoms with Gasteiger partial charge in [0.2, 0.25) is 0 Å². The van der Waals surface area contributed by atoms with E-state index in [1.807, 2.05) is 32.9 Å².